The summed E-state index contributed by atoms with van der Waals surface area (Å²) in [4.78, 5) is 0. The van der Waals surface area contributed by atoms with Gasteiger partial charge in [-0.25, -0.2) is 4.39 Å². The van der Waals surface area contributed by atoms with E-state index >= 15 is 0 Å². The van der Waals surface area contributed by atoms with Crippen LogP contribution in [0.1, 0.15) is 18.5 Å². The lowest BCUT2D eigenvalue weighted by Crippen LogP contribution is -2.07. The van der Waals surface area contributed by atoms with Crippen LogP contribution in [0.15, 0.2) is 40.9 Å². The maximum Gasteiger partial charge on any atom is 0.125 e. The number of hydrogen-bond acceptors (Lipinski definition) is 1. The molecule has 0 saturated heterocycles. The summed E-state index contributed by atoms with van der Waals surface area (Å²) in [5, 5.41) is 4.27. The van der Waals surface area contributed by atoms with Gasteiger partial charge in [-0.05, 0) is 42.8 Å². The Balaban J connectivity index is 2.25. The van der Waals surface area contributed by atoms with E-state index in [-0.39, 0.29) is 11.9 Å². The molecular weight excluding hydrogens is 352 g/mol. The highest BCUT2D eigenvalue weighted by Gasteiger charge is 2.12. The summed E-state index contributed by atoms with van der Waals surface area (Å²) in [7, 11) is 0. The molecule has 1 unspecified atom stereocenters. The molecule has 2 aromatic carbocycles. The zero-order chi connectivity index (χ0) is 14.0. The van der Waals surface area contributed by atoms with Crippen LogP contribution < -0.4 is 5.32 Å². The number of rotatable bonds is 3. The molecule has 0 bridgehead atoms. The third kappa shape index (κ3) is 3.62. The van der Waals surface area contributed by atoms with Gasteiger partial charge in [0.05, 0.1) is 16.8 Å². The van der Waals surface area contributed by atoms with Crippen LogP contribution in [0, 0.1) is 5.82 Å². The number of halogens is 4. The van der Waals surface area contributed by atoms with E-state index in [0.717, 1.165) is 10.0 Å². The topological polar surface area (TPSA) is 12.0 Å². The molecule has 0 aliphatic carbocycles. The molecule has 0 heterocycles. The van der Waals surface area contributed by atoms with E-state index in [4.69, 9.17) is 23.2 Å². The first kappa shape index (κ1) is 14.6. The van der Waals surface area contributed by atoms with E-state index in [9.17, 15) is 4.39 Å². The minimum Gasteiger partial charge on any atom is -0.377 e. The van der Waals surface area contributed by atoms with Crippen molar-refractivity contribution in [3.63, 3.8) is 0 Å². The van der Waals surface area contributed by atoms with Gasteiger partial charge in [0.15, 0.2) is 0 Å². The number of nitrogens with one attached hydrogen (secondary N) is 1. The Morgan fingerprint density at radius 1 is 1.11 bits per heavy atom. The van der Waals surface area contributed by atoms with Crippen LogP contribution in [0.3, 0.4) is 0 Å². The Morgan fingerprint density at radius 3 is 2.53 bits per heavy atom. The molecule has 19 heavy (non-hydrogen) atoms. The quantitative estimate of drug-likeness (QED) is 0.698. The predicted octanol–water partition coefficient (Wildman–Crippen LogP) is 6.07. The van der Waals surface area contributed by atoms with Crippen molar-refractivity contribution in [1.29, 1.82) is 0 Å². The van der Waals surface area contributed by atoms with Gasteiger partial charge in [-0.1, -0.05) is 45.2 Å². The van der Waals surface area contributed by atoms with Crippen molar-refractivity contribution in [2.24, 2.45) is 0 Å². The highest BCUT2D eigenvalue weighted by molar-refractivity contribution is 9.10. The van der Waals surface area contributed by atoms with Crippen molar-refractivity contribution in [2.45, 2.75) is 13.0 Å². The number of hydrogen-bond donors (Lipinski definition) is 1. The first-order chi connectivity index (χ1) is 8.97. The lowest BCUT2D eigenvalue weighted by atomic mass is 10.1. The molecule has 0 spiro atoms. The molecular formula is C14H11BrCl2FN. The average molecular weight is 363 g/mol. The molecule has 0 amide bonds. The highest BCUT2D eigenvalue weighted by atomic mass is 79.9. The largest absolute Gasteiger partial charge is 0.377 e. The van der Waals surface area contributed by atoms with Gasteiger partial charge in [0.25, 0.3) is 0 Å². The van der Waals surface area contributed by atoms with Crippen molar-refractivity contribution in [3.8, 4) is 0 Å². The van der Waals surface area contributed by atoms with Crippen molar-refractivity contribution >= 4 is 44.8 Å². The molecule has 0 radical (unpaired) electrons. The summed E-state index contributed by atoms with van der Waals surface area (Å²) < 4.78 is 14.1. The van der Waals surface area contributed by atoms with Crippen LogP contribution in [0.5, 0.6) is 0 Å². The van der Waals surface area contributed by atoms with Gasteiger partial charge >= 0.3 is 0 Å². The second kappa shape index (κ2) is 6.12. The van der Waals surface area contributed by atoms with Crippen LogP contribution in [0.4, 0.5) is 10.1 Å². The maximum atomic E-state index is 13.2. The highest BCUT2D eigenvalue weighted by Crippen LogP contribution is 2.31. The van der Waals surface area contributed by atoms with E-state index in [0.29, 0.717) is 15.7 Å². The average Bonchev–Trinajstić information content (AvgIpc) is 2.33. The monoisotopic (exact) mass is 361 g/mol. The second-order valence-electron chi connectivity index (χ2n) is 4.16. The first-order valence-electron chi connectivity index (χ1n) is 5.64. The Kier molecular flexibility index (Phi) is 4.71. The molecule has 2 aromatic rings. The molecule has 100 valence electrons. The normalized spacial score (nSPS) is 12.3. The Labute approximate surface area is 129 Å². The third-order valence-corrected chi connectivity index (χ3v) is 3.88. The predicted molar refractivity (Wildman–Crippen MR) is 82.6 cm³/mol. The van der Waals surface area contributed by atoms with Gasteiger partial charge in [-0.3, -0.25) is 0 Å². The van der Waals surface area contributed by atoms with Gasteiger partial charge in [-0.15, -0.1) is 0 Å². The smallest absolute Gasteiger partial charge is 0.125 e. The van der Waals surface area contributed by atoms with Gasteiger partial charge < -0.3 is 5.32 Å². The summed E-state index contributed by atoms with van der Waals surface area (Å²) in [5.74, 6) is -0.332. The van der Waals surface area contributed by atoms with Crippen molar-refractivity contribution in [1.82, 2.24) is 0 Å². The van der Waals surface area contributed by atoms with Crippen LogP contribution in [-0.2, 0) is 0 Å². The summed E-state index contributed by atoms with van der Waals surface area (Å²) in [6, 6.07) is 9.78. The lowest BCUT2D eigenvalue weighted by Gasteiger charge is -2.18. The fraction of sp³-hybridized carbons (Fsp3) is 0.143. The number of benzene rings is 2. The van der Waals surface area contributed by atoms with Crippen molar-refractivity contribution in [3.05, 3.63) is 62.3 Å². The molecule has 0 aliphatic heterocycles. The molecule has 0 fully saturated rings. The standard InChI is InChI=1S/C14H11BrCl2FN/c1-8(11-4-2-9(15)6-13(11)17)19-14-7-10(18)3-5-12(14)16/h2-8,19H,1H3. The van der Waals surface area contributed by atoms with E-state index in [1.807, 2.05) is 25.1 Å². The summed E-state index contributed by atoms with van der Waals surface area (Å²) >= 11 is 15.6. The SMILES string of the molecule is CC(Nc1cc(F)ccc1Cl)c1ccc(Br)cc1Cl. The van der Waals surface area contributed by atoms with E-state index < -0.39 is 0 Å². The van der Waals surface area contributed by atoms with Gasteiger partial charge in [0, 0.05) is 9.50 Å². The maximum absolute atomic E-state index is 13.2. The van der Waals surface area contributed by atoms with Gasteiger partial charge in [-0.2, -0.15) is 0 Å². The number of anilines is 1. The van der Waals surface area contributed by atoms with Crippen LogP contribution in [0.25, 0.3) is 0 Å². The van der Waals surface area contributed by atoms with E-state index in [1.54, 1.807) is 0 Å². The first-order valence-corrected chi connectivity index (χ1v) is 7.19. The van der Waals surface area contributed by atoms with Crippen molar-refractivity contribution < 1.29 is 4.39 Å². The fourth-order valence-corrected chi connectivity index (χ4v) is 2.78. The fourth-order valence-electron chi connectivity index (χ4n) is 1.77. The molecule has 1 atom stereocenters. The van der Waals surface area contributed by atoms with E-state index in [2.05, 4.69) is 21.2 Å². The molecule has 1 N–H and O–H groups in total. The zero-order valence-electron chi connectivity index (χ0n) is 10.1. The third-order valence-electron chi connectivity index (χ3n) is 2.73. The molecule has 2 rings (SSSR count). The lowest BCUT2D eigenvalue weighted by molar-refractivity contribution is 0.628. The Bertz CT molecular complexity index is 604. The van der Waals surface area contributed by atoms with Crippen LogP contribution >= 0.6 is 39.1 Å². The molecule has 1 nitrogen and oxygen atoms in total. The van der Waals surface area contributed by atoms with Crippen LogP contribution in [-0.4, -0.2) is 0 Å². The molecule has 0 aromatic heterocycles. The molecule has 0 aliphatic rings. The summed E-state index contributed by atoms with van der Waals surface area (Å²) in [6.45, 7) is 1.94. The van der Waals surface area contributed by atoms with Crippen molar-refractivity contribution in [2.75, 3.05) is 5.32 Å². The van der Waals surface area contributed by atoms with Gasteiger partial charge in [0.2, 0.25) is 0 Å². The molecule has 0 saturated carbocycles. The van der Waals surface area contributed by atoms with Crippen LogP contribution in [0.2, 0.25) is 10.0 Å². The Hall–Kier alpha value is -0.770. The minimum atomic E-state index is -0.332. The summed E-state index contributed by atoms with van der Waals surface area (Å²) in [5.41, 5.74) is 1.47. The summed E-state index contributed by atoms with van der Waals surface area (Å²) in [6.07, 6.45) is 0. The molecule has 5 heteroatoms. The van der Waals surface area contributed by atoms with E-state index in [1.165, 1.54) is 18.2 Å². The Morgan fingerprint density at radius 2 is 1.84 bits per heavy atom. The zero-order valence-corrected chi connectivity index (χ0v) is 13.2. The minimum absolute atomic E-state index is 0.0834. The second-order valence-corrected chi connectivity index (χ2v) is 5.89. The van der Waals surface area contributed by atoms with Gasteiger partial charge in [0.1, 0.15) is 5.82 Å².